The van der Waals surface area contributed by atoms with Gasteiger partial charge < -0.3 is 19.2 Å². The van der Waals surface area contributed by atoms with E-state index in [-0.39, 0.29) is 12.5 Å². The molecule has 1 heterocycles. The number of H-pyrrole nitrogens is 1. The summed E-state index contributed by atoms with van der Waals surface area (Å²) in [6, 6.07) is 10.4. The molecular weight excluding hydrogens is 312 g/mol. The number of methoxy groups -OCH3 is 2. The second-order valence-electron chi connectivity index (χ2n) is 5.07. The third kappa shape index (κ3) is 2.96. The topological polar surface area (TPSA) is 93.6 Å². The summed E-state index contributed by atoms with van der Waals surface area (Å²) in [5.74, 6) is 0.0303. The molecular formula is C17H16N2O5. The SMILES string of the molecule is COc1cccc(OC)c1C(=O)NCc1ccc2[nH]c(=O)oc2c1. The normalized spacial score (nSPS) is 10.6. The number of carbonyl (C=O) groups excluding carboxylic acids is 1. The summed E-state index contributed by atoms with van der Waals surface area (Å²) in [7, 11) is 2.99. The highest BCUT2D eigenvalue weighted by molar-refractivity contribution is 5.99. The van der Waals surface area contributed by atoms with Gasteiger partial charge in [0.2, 0.25) is 0 Å². The van der Waals surface area contributed by atoms with Gasteiger partial charge in [0, 0.05) is 6.54 Å². The van der Waals surface area contributed by atoms with Gasteiger partial charge in [-0.25, -0.2) is 4.79 Å². The van der Waals surface area contributed by atoms with Crippen molar-refractivity contribution in [2.24, 2.45) is 0 Å². The van der Waals surface area contributed by atoms with Crippen molar-refractivity contribution >= 4 is 17.0 Å². The van der Waals surface area contributed by atoms with Crippen LogP contribution in [0.25, 0.3) is 11.1 Å². The molecule has 124 valence electrons. The predicted octanol–water partition coefficient (Wildman–Crippen LogP) is 2.07. The highest BCUT2D eigenvalue weighted by atomic mass is 16.5. The lowest BCUT2D eigenvalue weighted by atomic mass is 10.1. The summed E-state index contributed by atoms with van der Waals surface area (Å²) in [6.07, 6.45) is 0. The fourth-order valence-corrected chi connectivity index (χ4v) is 2.45. The summed E-state index contributed by atoms with van der Waals surface area (Å²) >= 11 is 0. The van der Waals surface area contributed by atoms with Gasteiger partial charge in [-0.15, -0.1) is 0 Å². The molecule has 1 aromatic heterocycles. The number of hydrogen-bond donors (Lipinski definition) is 2. The first kappa shape index (κ1) is 15.7. The van der Waals surface area contributed by atoms with E-state index in [0.29, 0.717) is 28.2 Å². The molecule has 0 saturated carbocycles. The Bertz CT molecular complexity index is 919. The molecule has 0 spiro atoms. The zero-order valence-corrected chi connectivity index (χ0v) is 13.2. The molecule has 0 unspecified atom stereocenters. The van der Waals surface area contributed by atoms with Gasteiger partial charge in [0.25, 0.3) is 5.91 Å². The molecule has 2 aromatic carbocycles. The van der Waals surface area contributed by atoms with E-state index in [9.17, 15) is 9.59 Å². The third-order valence-corrected chi connectivity index (χ3v) is 3.59. The molecule has 7 heteroatoms. The molecule has 0 aliphatic heterocycles. The van der Waals surface area contributed by atoms with Crippen molar-refractivity contribution in [2.45, 2.75) is 6.54 Å². The quantitative estimate of drug-likeness (QED) is 0.748. The van der Waals surface area contributed by atoms with Crippen LogP contribution in [0.3, 0.4) is 0 Å². The number of fused-ring (bicyclic) bond motifs is 1. The minimum Gasteiger partial charge on any atom is -0.496 e. The molecule has 1 amide bonds. The maximum Gasteiger partial charge on any atom is 0.417 e. The number of rotatable bonds is 5. The minimum absolute atomic E-state index is 0.269. The zero-order valence-electron chi connectivity index (χ0n) is 13.2. The molecule has 0 aliphatic rings. The number of amides is 1. The Morgan fingerprint density at radius 1 is 1.17 bits per heavy atom. The molecule has 3 aromatic rings. The van der Waals surface area contributed by atoms with Crippen molar-refractivity contribution in [2.75, 3.05) is 14.2 Å². The molecule has 0 atom stereocenters. The monoisotopic (exact) mass is 328 g/mol. The van der Waals surface area contributed by atoms with Crippen LogP contribution in [0.4, 0.5) is 0 Å². The molecule has 2 N–H and O–H groups in total. The Hall–Kier alpha value is -3.22. The van der Waals surface area contributed by atoms with Crippen LogP contribution < -0.4 is 20.5 Å². The molecule has 0 fully saturated rings. The van der Waals surface area contributed by atoms with Gasteiger partial charge in [-0.3, -0.25) is 9.78 Å². The Balaban J connectivity index is 1.80. The lowest BCUT2D eigenvalue weighted by Crippen LogP contribution is -2.24. The van der Waals surface area contributed by atoms with Crippen LogP contribution in [0.1, 0.15) is 15.9 Å². The van der Waals surface area contributed by atoms with Crippen LogP contribution in [0.15, 0.2) is 45.6 Å². The van der Waals surface area contributed by atoms with Crippen molar-refractivity contribution in [3.05, 3.63) is 58.1 Å². The van der Waals surface area contributed by atoms with Gasteiger partial charge in [0.05, 0.1) is 19.7 Å². The average Bonchev–Trinajstić information content (AvgIpc) is 2.97. The molecule has 0 aliphatic carbocycles. The van der Waals surface area contributed by atoms with Crippen molar-refractivity contribution < 1.29 is 18.7 Å². The number of carbonyl (C=O) groups is 1. The standard InChI is InChI=1S/C17H16N2O5/c1-22-12-4-3-5-13(23-2)15(12)16(20)18-9-10-6-7-11-14(8-10)24-17(21)19-11/h3-8H,9H2,1-2H3,(H,18,20)(H,19,21). The van der Waals surface area contributed by atoms with E-state index in [1.165, 1.54) is 14.2 Å². The van der Waals surface area contributed by atoms with E-state index in [4.69, 9.17) is 13.9 Å². The lowest BCUT2D eigenvalue weighted by molar-refractivity contribution is 0.0944. The maximum atomic E-state index is 12.5. The maximum absolute atomic E-state index is 12.5. The summed E-state index contributed by atoms with van der Waals surface area (Å²) in [5, 5.41) is 2.81. The molecule has 0 bridgehead atoms. The van der Waals surface area contributed by atoms with E-state index in [2.05, 4.69) is 10.3 Å². The van der Waals surface area contributed by atoms with E-state index in [1.54, 1.807) is 36.4 Å². The van der Waals surface area contributed by atoms with E-state index in [0.717, 1.165) is 5.56 Å². The Morgan fingerprint density at radius 3 is 2.54 bits per heavy atom. The number of ether oxygens (including phenoxy) is 2. The Labute approximate surface area is 137 Å². The van der Waals surface area contributed by atoms with Crippen LogP contribution in [0, 0.1) is 0 Å². The number of benzene rings is 2. The highest BCUT2D eigenvalue weighted by Crippen LogP contribution is 2.28. The zero-order chi connectivity index (χ0) is 17.1. The van der Waals surface area contributed by atoms with Gasteiger partial charge in [-0.1, -0.05) is 12.1 Å². The first-order valence-electron chi connectivity index (χ1n) is 7.23. The second-order valence-corrected chi connectivity index (χ2v) is 5.07. The number of aromatic amines is 1. The first-order valence-corrected chi connectivity index (χ1v) is 7.23. The van der Waals surface area contributed by atoms with Gasteiger partial charge in [-0.05, 0) is 29.8 Å². The van der Waals surface area contributed by atoms with Gasteiger partial charge in [0.1, 0.15) is 17.1 Å². The highest BCUT2D eigenvalue weighted by Gasteiger charge is 2.17. The molecule has 0 saturated heterocycles. The summed E-state index contributed by atoms with van der Waals surface area (Å²) < 4.78 is 15.5. The third-order valence-electron chi connectivity index (χ3n) is 3.59. The van der Waals surface area contributed by atoms with E-state index in [1.807, 2.05) is 0 Å². The number of aromatic nitrogens is 1. The van der Waals surface area contributed by atoms with E-state index >= 15 is 0 Å². The molecule has 3 rings (SSSR count). The minimum atomic E-state index is -0.509. The van der Waals surface area contributed by atoms with Crippen molar-refractivity contribution in [1.82, 2.24) is 10.3 Å². The van der Waals surface area contributed by atoms with Gasteiger partial charge in [0.15, 0.2) is 5.58 Å². The van der Waals surface area contributed by atoms with Crippen molar-refractivity contribution in [3.8, 4) is 11.5 Å². The van der Waals surface area contributed by atoms with Crippen molar-refractivity contribution in [3.63, 3.8) is 0 Å². The predicted molar refractivity (Wildman–Crippen MR) is 87.6 cm³/mol. The largest absolute Gasteiger partial charge is 0.496 e. The number of nitrogens with one attached hydrogen (secondary N) is 2. The van der Waals surface area contributed by atoms with Crippen LogP contribution in [0.2, 0.25) is 0 Å². The second kappa shape index (κ2) is 6.49. The number of hydrogen-bond acceptors (Lipinski definition) is 5. The van der Waals surface area contributed by atoms with Crippen LogP contribution in [-0.2, 0) is 6.54 Å². The van der Waals surface area contributed by atoms with Crippen LogP contribution >= 0.6 is 0 Å². The summed E-state index contributed by atoms with van der Waals surface area (Å²) in [5.41, 5.74) is 2.19. The van der Waals surface area contributed by atoms with Gasteiger partial charge >= 0.3 is 5.76 Å². The summed E-state index contributed by atoms with van der Waals surface area (Å²) in [4.78, 5) is 26.2. The van der Waals surface area contributed by atoms with Crippen LogP contribution in [-0.4, -0.2) is 25.1 Å². The fraction of sp³-hybridized carbons (Fsp3) is 0.176. The Morgan fingerprint density at radius 2 is 1.88 bits per heavy atom. The van der Waals surface area contributed by atoms with E-state index < -0.39 is 5.76 Å². The smallest absolute Gasteiger partial charge is 0.417 e. The fourth-order valence-electron chi connectivity index (χ4n) is 2.45. The van der Waals surface area contributed by atoms with Crippen molar-refractivity contribution in [1.29, 1.82) is 0 Å². The lowest BCUT2D eigenvalue weighted by Gasteiger charge is -2.13. The van der Waals surface area contributed by atoms with Crippen LogP contribution in [0.5, 0.6) is 11.5 Å². The van der Waals surface area contributed by atoms with Gasteiger partial charge in [-0.2, -0.15) is 0 Å². The molecule has 0 radical (unpaired) electrons. The first-order chi connectivity index (χ1) is 11.6. The summed E-state index contributed by atoms with van der Waals surface area (Å²) in [6.45, 7) is 0.269. The molecule has 7 nitrogen and oxygen atoms in total. The average molecular weight is 328 g/mol. The molecule has 24 heavy (non-hydrogen) atoms. The number of oxazole rings is 1. The Kier molecular flexibility index (Phi) is 4.24.